The van der Waals surface area contributed by atoms with Gasteiger partial charge in [-0.2, -0.15) is 0 Å². The largest absolute Gasteiger partial charge is 0.486 e. The van der Waals surface area contributed by atoms with E-state index in [2.05, 4.69) is 5.32 Å². The second-order valence-electron chi connectivity index (χ2n) is 7.18. The van der Waals surface area contributed by atoms with Crippen molar-refractivity contribution in [3.8, 4) is 5.75 Å². The predicted octanol–water partition coefficient (Wildman–Crippen LogP) is 3.19. The van der Waals surface area contributed by atoms with E-state index in [0.717, 1.165) is 0 Å². The number of nitrogens with zero attached hydrogens (tertiary/aromatic N) is 1. The summed E-state index contributed by atoms with van der Waals surface area (Å²) in [6, 6.07) is 6.92. The van der Waals surface area contributed by atoms with Crippen molar-refractivity contribution < 1.29 is 19.4 Å². The Morgan fingerprint density at radius 2 is 1.96 bits per heavy atom. The molecule has 6 heteroatoms. The Morgan fingerprint density at radius 3 is 2.52 bits per heavy atom. The Bertz CT molecular complexity index is 609. The Kier molecular flexibility index (Phi) is 4.54. The number of carbonyl (C=O) groups is 2. The van der Waals surface area contributed by atoms with Crippen molar-refractivity contribution in [3.63, 3.8) is 0 Å². The molecular formula is C17H24N2O4. The first-order valence-electron chi connectivity index (χ1n) is 7.68. The maximum Gasteiger partial charge on any atom is 0.321 e. The van der Waals surface area contributed by atoms with Gasteiger partial charge in [0.1, 0.15) is 11.4 Å². The molecule has 2 rings (SSSR count). The number of nitrogens with one attached hydrogen (secondary N) is 1. The molecule has 0 aliphatic carbocycles. The van der Waals surface area contributed by atoms with Gasteiger partial charge in [-0.25, -0.2) is 4.79 Å². The molecule has 0 aromatic heterocycles. The maximum absolute atomic E-state index is 12.4. The van der Waals surface area contributed by atoms with Crippen molar-refractivity contribution in [1.29, 1.82) is 0 Å². The summed E-state index contributed by atoms with van der Waals surface area (Å²) in [5.41, 5.74) is -0.675. The molecule has 1 aliphatic rings. The van der Waals surface area contributed by atoms with Crippen LogP contribution in [0.15, 0.2) is 24.3 Å². The Balaban J connectivity index is 2.09. The molecule has 6 nitrogen and oxygen atoms in total. The van der Waals surface area contributed by atoms with Gasteiger partial charge in [-0.3, -0.25) is 4.79 Å². The van der Waals surface area contributed by atoms with Crippen LogP contribution in [0.1, 0.15) is 34.1 Å². The summed E-state index contributed by atoms with van der Waals surface area (Å²) >= 11 is 0. The minimum Gasteiger partial charge on any atom is -0.486 e. The normalized spacial score (nSPS) is 21.1. The molecule has 0 saturated carbocycles. The van der Waals surface area contributed by atoms with E-state index in [0.29, 0.717) is 24.4 Å². The number of rotatable bonds is 3. The summed E-state index contributed by atoms with van der Waals surface area (Å²) in [5, 5.41) is 12.1. The number of para-hydroxylation sites is 2. The number of carbonyl (C=O) groups excluding carboxylic acids is 1. The highest BCUT2D eigenvalue weighted by molar-refractivity contribution is 5.92. The van der Waals surface area contributed by atoms with Gasteiger partial charge < -0.3 is 20.1 Å². The number of likely N-dealkylation sites (tertiary alicyclic amines) is 1. The van der Waals surface area contributed by atoms with Crippen LogP contribution in [-0.2, 0) is 4.79 Å². The number of amides is 2. The van der Waals surface area contributed by atoms with Crippen molar-refractivity contribution in [3.05, 3.63) is 24.3 Å². The Labute approximate surface area is 136 Å². The Morgan fingerprint density at radius 1 is 1.30 bits per heavy atom. The standard InChI is InChI=1S/C17H24N2O4/c1-16(2,3)23-13-8-6-5-7-12(13)18-15(22)19-10-9-17(4,11-19)14(20)21/h5-8H,9-11H2,1-4H3,(H,18,22)(H,20,21). The van der Waals surface area contributed by atoms with Gasteiger partial charge in [0.05, 0.1) is 11.1 Å². The lowest BCUT2D eigenvalue weighted by atomic mass is 9.90. The third-order valence-corrected chi connectivity index (χ3v) is 3.82. The zero-order valence-electron chi connectivity index (χ0n) is 14.0. The van der Waals surface area contributed by atoms with Crippen molar-refractivity contribution in [2.75, 3.05) is 18.4 Å². The second-order valence-corrected chi connectivity index (χ2v) is 7.18. The summed E-state index contributed by atoms with van der Waals surface area (Å²) in [5.74, 6) is -0.280. The van der Waals surface area contributed by atoms with Gasteiger partial charge in [-0.1, -0.05) is 12.1 Å². The summed E-state index contributed by atoms with van der Waals surface area (Å²) < 4.78 is 5.85. The molecule has 1 heterocycles. The second kappa shape index (κ2) is 6.10. The van der Waals surface area contributed by atoms with Crippen LogP contribution < -0.4 is 10.1 Å². The summed E-state index contributed by atoms with van der Waals surface area (Å²) in [7, 11) is 0. The summed E-state index contributed by atoms with van der Waals surface area (Å²) in [6.07, 6.45) is 0.454. The fourth-order valence-electron chi connectivity index (χ4n) is 2.49. The van der Waals surface area contributed by atoms with E-state index in [4.69, 9.17) is 4.74 Å². The smallest absolute Gasteiger partial charge is 0.321 e. The first kappa shape index (κ1) is 17.1. The molecule has 0 radical (unpaired) electrons. The molecule has 1 atom stereocenters. The molecule has 23 heavy (non-hydrogen) atoms. The molecule has 126 valence electrons. The predicted molar refractivity (Wildman–Crippen MR) is 87.8 cm³/mol. The lowest BCUT2D eigenvalue weighted by molar-refractivity contribution is -0.146. The van der Waals surface area contributed by atoms with Crippen LogP contribution in [0.4, 0.5) is 10.5 Å². The number of hydrogen-bond donors (Lipinski definition) is 2. The molecule has 1 saturated heterocycles. The number of hydrogen-bond acceptors (Lipinski definition) is 3. The lowest BCUT2D eigenvalue weighted by Gasteiger charge is -2.25. The highest BCUT2D eigenvalue weighted by Crippen LogP contribution is 2.32. The fourth-order valence-corrected chi connectivity index (χ4v) is 2.49. The van der Waals surface area contributed by atoms with Gasteiger partial charge in [-0.15, -0.1) is 0 Å². The number of carboxylic acids is 1. The number of carboxylic acid groups (broad SMARTS) is 1. The van der Waals surface area contributed by atoms with Crippen LogP contribution in [0.3, 0.4) is 0 Å². The van der Waals surface area contributed by atoms with Crippen LogP contribution in [0.5, 0.6) is 5.75 Å². The van der Waals surface area contributed by atoms with E-state index in [9.17, 15) is 14.7 Å². The van der Waals surface area contributed by atoms with Gasteiger partial charge in [0, 0.05) is 13.1 Å². The number of ether oxygens (including phenoxy) is 1. The average Bonchev–Trinajstić information content (AvgIpc) is 2.83. The van der Waals surface area contributed by atoms with E-state index >= 15 is 0 Å². The van der Waals surface area contributed by atoms with Gasteiger partial charge >= 0.3 is 12.0 Å². The molecule has 0 spiro atoms. The van der Waals surface area contributed by atoms with Gasteiger partial charge in [0.15, 0.2) is 0 Å². The van der Waals surface area contributed by atoms with Crippen molar-refractivity contribution in [1.82, 2.24) is 4.90 Å². The van der Waals surface area contributed by atoms with E-state index in [1.165, 1.54) is 4.90 Å². The lowest BCUT2D eigenvalue weighted by Crippen LogP contribution is -2.37. The average molecular weight is 320 g/mol. The van der Waals surface area contributed by atoms with Crippen LogP contribution >= 0.6 is 0 Å². The van der Waals surface area contributed by atoms with Crippen molar-refractivity contribution in [2.45, 2.75) is 39.7 Å². The monoisotopic (exact) mass is 320 g/mol. The molecule has 1 aromatic rings. The third-order valence-electron chi connectivity index (χ3n) is 3.82. The number of aliphatic carboxylic acids is 1. The van der Waals surface area contributed by atoms with E-state index in [1.54, 1.807) is 19.1 Å². The summed E-state index contributed by atoms with van der Waals surface area (Å²) in [4.78, 5) is 25.2. The van der Waals surface area contributed by atoms with Crippen LogP contribution in [0.2, 0.25) is 0 Å². The van der Waals surface area contributed by atoms with Crippen LogP contribution in [-0.4, -0.2) is 40.7 Å². The molecule has 0 bridgehead atoms. The molecule has 2 N–H and O–H groups in total. The summed E-state index contributed by atoms with van der Waals surface area (Å²) in [6.45, 7) is 8.10. The minimum absolute atomic E-state index is 0.205. The van der Waals surface area contributed by atoms with Crippen molar-refractivity contribution >= 4 is 17.7 Å². The van der Waals surface area contributed by atoms with E-state index in [1.807, 2.05) is 32.9 Å². The first-order valence-corrected chi connectivity index (χ1v) is 7.68. The fraction of sp³-hybridized carbons (Fsp3) is 0.529. The van der Waals surface area contributed by atoms with E-state index in [-0.39, 0.29) is 18.2 Å². The topological polar surface area (TPSA) is 78.9 Å². The number of benzene rings is 1. The molecule has 1 aliphatic heterocycles. The van der Waals surface area contributed by atoms with E-state index < -0.39 is 11.4 Å². The highest BCUT2D eigenvalue weighted by Gasteiger charge is 2.42. The molecule has 1 unspecified atom stereocenters. The Hall–Kier alpha value is -2.24. The molecule has 1 fully saturated rings. The van der Waals surface area contributed by atoms with Gasteiger partial charge in [-0.05, 0) is 46.2 Å². The maximum atomic E-state index is 12.4. The third kappa shape index (κ3) is 4.15. The van der Waals surface area contributed by atoms with Gasteiger partial charge in [0.25, 0.3) is 0 Å². The van der Waals surface area contributed by atoms with Gasteiger partial charge in [0.2, 0.25) is 0 Å². The highest BCUT2D eigenvalue weighted by atomic mass is 16.5. The quantitative estimate of drug-likeness (QED) is 0.896. The van der Waals surface area contributed by atoms with Crippen LogP contribution in [0.25, 0.3) is 0 Å². The minimum atomic E-state index is -0.876. The zero-order chi connectivity index (χ0) is 17.3. The van der Waals surface area contributed by atoms with Crippen LogP contribution in [0, 0.1) is 5.41 Å². The number of anilines is 1. The van der Waals surface area contributed by atoms with Crippen molar-refractivity contribution in [2.24, 2.45) is 5.41 Å². The first-order chi connectivity index (χ1) is 10.6. The SMILES string of the molecule is CC(C)(C)Oc1ccccc1NC(=O)N1CCC(C)(C(=O)O)C1. The zero-order valence-corrected chi connectivity index (χ0v) is 14.0. The number of urea groups is 1. The molecule has 1 aromatic carbocycles. The molecule has 2 amide bonds. The molecular weight excluding hydrogens is 296 g/mol.